The minimum atomic E-state index is 0.551. The first kappa shape index (κ1) is 11.3. The van der Waals surface area contributed by atoms with E-state index in [0.717, 1.165) is 5.69 Å². The van der Waals surface area contributed by atoms with Crippen LogP contribution < -0.4 is 16.6 Å². The van der Waals surface area contributed by atoms with E-state index < -0.39 is 0 Å². The molecule has 0 heterocycles. The van der Waals surface area contributed by atoms with Crippen LogP contribution >= 0.6 is 22.6 Å². The standard InChI is InChI=1S/C9H13IN4/c1-6-7(10)4-3-5-8(6)13-9(12-2)14-11/h3-5H,11H2,1-2H3,(H2,12,13,14). The third kappa shape index (κ3) is 2.58. The van der Waals surface area contributed by atoms with Gasteiger partial charge in [0.05, 0.1) is 0 Å². The van der Waals surface area contributed by atoms with Crippen molar-refractivity contribution in [3.63, 3.8) is 0 Å². The summed E-state index contributed by atoms with van der Waals surface area (Å²) >= 11 is 2.29. The first-order chi connectivity index (χ1) is 6.69. The van der Waals surface area contributed by atoms with Gasteiger partial charge >= 0.3 is 0 Å². The van der Waals surface area contributed by atoms with Crippen LogP contribution in [-0.4, -0.2) is 13.0 Å². The number of nitrogens with two attached hydrogens (primary N) is 1. The Kier molecular flexibility index (Phi) is 4.15. The molecule has 1 aromatic carbocycles. The molecular formula is C9H13IN4. The predicted octanol–water partition coefficient (Wildman–Crippen LogP) is 1.46. The van der Waals surface area contributed by atoms with Gasteiger partial charge < -0.3 is 5.32 Å². The van der Waals surface area contributed by atoms with E-state index in [1.807, 2.05) is 19.1 Å². The summed E-state index contributed by atoms with van der Waals surface area (Å²) in [5.74, 6) is 5.83. The molecule has 0 unspecified atom stereocenters. The maximum absolute atomic E-state index is 5.27. The predicted molar refractivity (Wildman–Crippen MR) is 68.2 cm³/mol. The number of hydrazine groups is 1. The quantitative estimate of drug-likeness (QED) is 0.242. The minimum absolute atomic E-state index is 0.551. The number of rotatable bonds is 1. The number of aliphatic imine (C=N–C) groups is 1. The number of halogens is 1. The van der Waals surface area contributed by atoms with E-state index in [-0.39, 0.29) is 0 Å². The molecule has 0 saturated carbocycles. The van der Waals surface area contributed by atoms with Crippen molar-refractivity contribution in [1.29, 1.82) is 0 Å². The Bertz CT molecular complexity index is 349. The van der Waals surface area contributed by atoms with Crippen LogP contribution in [0.5, 0.6) is 0 Å². The number of hydrogen-bond acceptors (Lipinski definition) is 2. The van der Waals surface area contributed by atoms with Crippen molar-refractivity contribution in [3.05, 3.63) is 27.3 Å². The Balaban J connectivity index is 2.92. The molecular weight excluding hydrogens is 291 g/mol. The van der Waals surface area contributed by atoms with E-state index in [1.165, 1.54) is 9.13 Å². The van der Waals surface area contributed by atoms with Crippen LogP contribution in [0, 0.1) is 10.5 Å². The number of benzene rings is 1. The second-order valence-electron chi connectivity index (χ2n) is 2.75. The van der Waals surface area contributed by atoms with Gasteiger partial charge in [-0.05, 0) is 47.2 Å². The summed E-state index contributed by atoms with van der Waals surface area (Å²) in [5, 5.41) is 3.10. The third-order valence-electron chi connectivity index (χ3n) is 1.88. The lowest BCUT2D eigenvalue weighted by atomic mass is 10.2. The van der Waals surface area contributed by atoms with Gasteiger partial charge in [0.2, 0.25) is 5.96 Å². The van der Waals surface area contributed by atoms with Gasteiger partial charge in [-0.1, -0.05) is 6.07 Å². The molecule has 0 fully saturated rings. The highest BCUT2D eigenvalue weighted by Crippen LogP contribution is 2.19. The summed E-state index contributed by atoms with van der Waals surface area (Å²) in [6, 6.07) is 6.03. The Hall–Kier alpha value is -0.820. The molecule has 14 heavy (non-hydrogen) atoms. The average Bonchev–Trinajstić information content (AvgIpc) is 2.20. The van der Waals surface area contributed by atoms with Gasteiger partial charge in [-0.25, -0.2) is 5.84 Å². The van der Waals surface area contributed by atoms with Gasteiger partial charge in [-0.2, -0.15) is 0 Å². The maximum Gasteiger partial charge on any atom is 0.209 e. The minimum Gasteiger partial charge on any atom is -0.325 e. The van der Waals surface area contributed by atoms with E-state index in [4.69, 9.17) is 5.84 Å². The Morgan fingerprint density at radius 1 is 1.50 bits per heavy atom. The van der Waals surface area contributed by atoms with Gasteiger partial charge in [0, 0.05) is 16.3 Å². The number of hydrogen-bond donors (Lipinski definition) is 3. The fourth-order valence-electron chi connectivity index (χ4n) is 1.03. The van der Waals surface area contributed by atoms with Crippen molar-refractivity contribution < 1.29 is 0 Å². The van der Waals surface area contributed by atoms with Crippen LogP contribution in [0.15, 0.2) is 23.2 Å². The molecule has 0 atom stereocenters. The SMILES string of the molecule is CN=C(NN)Nc1cccc(I)c1C. The largest absolute Gasteiger partial charge is 0.325 e. The molecule has 5 heteroatoms. The molecule has 0 saturated heterocycles. The molecule has 4 nitrogen and oxygen atoms in total. The van der Waals surface area contributed by atoms with Crippen molar-refractivity contribution in [2.75, 3.05) is 12.4 Å². The first-order valence-electron chi connectivity index (χ1n) is 4.14. The molecule has 0 aliphatic rings. The van der Waals surface area contributed by atoms with Crippen molar-refractivity contribution in [3.8, 4) is 0 Å². The van der Waals surface area contributed by atoms with Crippen molar-refractivity contribution >= 4 is 34.2 Å². The maximum atomic E-state index is 5.27. The highest BCUT2D eigenvalue weighted by atomic mass is 127. The zero-order valence-corrected chi connectivity index (χ0v) is 10.3. The zero-order valence-electron chi connectivity index (χ0n) is 8.13. The summed E-state index contributed by atoms with van der Waals surface area (Å²) in [4.78, 5) is 3.94. The molecule has 0 bridgehead atoms. The number of nitrogens with zero attached hydrogens (tertiary/aromatic N) is 1. The lowest BCUT2D eigenvalue weighted by Crippen LogP contribution is -2.36. The Morgan fingerprint density at radius 3 is 2.79 bits per heavy atom. The highest BCUT2D eigenvalue weighted by Gasteiger charge is 2.02. The van der Waals surface area contributed by atoms with Crippen LogP contribution in [0.3, 0.4) is 0 Å². The topological polar surface area (TPSA) is 62.4 Å². The van der Waals surface area contributed by atoms with Crippen LogP contribution in [0.4, 0.5) is 5.69 Å². The number of nitrogens with one attached hydrogen (secondary N) is 2. The summed E-state index contributed by atoms with van der Waals surface area (Å²) in [6.07, 6.45) is 0. The van der Waals surface area contributed by atoms with Crippen LogP contribution in [-0.2, 0) is 0 Å². The van der Waals surface area contributed by atoms with E-state index >= 15 is 0 Å². The molecule has 0 radical (unpaired) electrons. The average molecular weight is 304 g/mol. The summed E-state index contributed by atoms with van der Waals surface area (Å²) in [7, 11) is 1.67. The molecule has 76 valence electrons. The molecule has 4 N–H and O–H groups in total. The summed E-state index contributed by atoms with van der Waals surface area (Å²) in [6.45, 7) is 2.05. The van der Waals surface area contributed by atoms with Gasteiger partial charge in [0.25, 0.3) is 0 Å². The third-order valence-corrected chi connectivity index (χ3v) is 3.05. The smallest absolute Gasteiger partial charge is 0.209 e. The van der Waals surface area contributed by atoms with Gasteiger partial charge in [0.1, 0.15) is 0 Å². The second-order valence-corrected chi connectivity index (χ2v) is 3.92. The molecule has 1 aromatic rings. The molecule has 0 amide bonds. The molecule has 1 rings (SSSR count). The van der Waals surface area contributed by atoms with Crippen molar-refractivity contribution in [2.45, 2.75) is 6.92 Å². The fraction of sp³-hybridized carbons (Fsp3) is 0.222. The van der Waals surface area contributed by atoms with Gasteiger partial charge in [-0.3, -0.25) is 10.4 Å². The monoisotopic (exact) mass is 304 g/mol. The van der Waals surface area contributed by atoms with E-state index in [2.05, 4.69) is 44.4 Å². The Morgan fingerprint density at radius 2 is 2.21 bits per heavy atom. The second kappa shape index (κ2) is 5.16. The van der Waals surface area contributed by atoms with E-state index in [9.17, 15) is 0 Å². The van der Waals surface area contributed by atoms with Gasteiger partial charge in [0.15, 0.2) is 0 Å². The molecule has 0 aliphatic carbocycles. The molecule has 0 aliphatic heterocycles. The number of anilines is 1. The van der Waals surface area contributed by atoms with Crippen LogP contribution in [0.25, 0.3) is 0 Å². The van der Waals surface area contributed by atoms with Crippen molar-refractivity contribution in [1.82, 2.24) is 5.43 Å². The normalized spacial score (nSPS) is 11.3. The van der Waals surface area contributed by atoms with Crippen LogP contribution in [0.1, 0.15) is 5.56 Å². The van der Waals surface area contributed by atoms with Crippen LogP contribution in [0.2, 0.25) is 0 Å². The lowest BCUT2D eigenvalue weighted by Gasteiger charge is -2.11. The summed E-state index contributed by atoms with van der Waals surface area (Å²) in [5.41, 5.74) is 4.68. The fourth-order valence-corrected chi connectivity index (χ4v) is 1.53. The number of guanidine groups is 1. The Labute approximate surface area is 97.1 Å². The lowest BCUT2D eigenvalue weighted by molar-refractivity contribution is 1.01. The van der Waals surface area contributed by atoms with Crippen molar-refractivity contribution in [2.24, 2.45) is 10.8 Å². The van der Waals surface area contributed by atoms with E-state index in [1.54, 1.807) is 7.05 Å². The first-order valence-corrected chi connectivity index (χ1v) is 5.22. The molecule has 0 spiro atoms. The highest BCUT2D eigenvalue weighted by molar-refractivity contribution is 14.1. The zero-order chi connectivity index (χ0) is 10.6. The molecule has 0 aromatic heterocycles. The summed E-state index contributed by atoms with van der Waals surface area (Å²) < 4.78 is 1.21. The van der Waals surface area contributed by atoms with Gasteiger partial charge in [-0.15, -0.1) is 0 Å². The van der Waals surface area contributed by atoms with E-state index in [0.29, 0.717) is 5.96 Å².